The largest absolute Gasteiger partial charge is 0.456 e. The van der Waals surface area contributed by atoms with Gasteiger partial charge in [-0.25, -0.2) is 0 Å². The highest BCUT2D eigenvalue weighted by molar-refractivity contribution is 6.26. The van der Waals surface area contributed by atoms with Gasteiger partial charge >= 0.3 is 0 Å². The van der Waals surface area contributed by atoms with E-state index in [0.29, 0.717) is 0 Å². The van der Waals surface area contributed by atoms with Gasteiger partial charge in [-0.15, -0.1) is 0 Å². The van der Waals surface area contributed by atoms with Crippen molar-refractivity contribution in [3.8, 4) is 33.4 Å². The fourth-order valence-corrected chi connectivity index (χ4v) is 6.92. The van der Waals surface area contributed by atoms with Crippen molar-refractivity contribution in [2.75, 3.05) is 0 Å². The fraction of sp³-hybridized carbons (Fsp3) is 0. The average Bonchev–Trinajstić information content (AvgIpc) is 3.43. The number of benzene rings is 8. The smallest absolute Gasteiger partial charge is 0.136 e. The van der Waals surface area contributed by atoms with Crippen molar-refractivity contribution in [2.24, 2.45) is 0 Å². The summed E-state index contributed by atoms with van der Waals surface area (Å²) in [7, 11) is 0. The van der Waals surface area contributed by atoms with E-state index in [0.717, 1.165) is 27.5 Å². The zero-order valence-corrected chi connectivity index (χ0v) is 23.4. The van der Waals surface area contributed by atoms with Gasteiger partial charge in [0.15, 0.2) is 0 Å². The third kappa shape index (κ3) is 3.72. The Balaban J connectivity index is 1.49. The van der Waals surface area contributed by atoms with Crippen molar-refractivity contribution in [1.29, 1.82) is 0 Å². The summed E-state index contributed by atoms with van der Waals surface area (Å²) in [4.78, 5) is 0. The Hall–Kier alpha value is -5.66. The van der Waals surface area contributed by atoms with Crippen molar-refractivity contribution in [1.82, 2.24) is 0 Å². The molecular formula is C42H26O. The molecule has 200 valence electrons. The molecule has 0 radical (unpaired) electrons. The third-order valence-corrected chi connectivity index (χ3v) is 8.81. The van der Waals surface area contributed by atoms with E-state index in [1.165, 1.54) is 60.1 Å². The Morgan fingerprint density at radius 2 is 0.837 bits per heavy atom. The van der Waals surface area contributed by atoms with Crippen LogP contribution in [-0.2, 0) is 0 Å². The minimum absolute atomic E-state index is 0.905. The molecule has 0 N–H and O–H groups in total. The summed E-state index contributed by atoms with van der Waals surface area (Å²) in [5, 5.41) is 9.67. The standard InChI is InChI=1S/C42H26O/c1-3-13-27(14-4-1)31-24-37(42-36-23-29-17-7-8-18-30(29)25-38(36)43-39(42)26-31)41-34-21-11-9-19-32(34)40(28-15-5-2-6-16-28)33-20-10-12-22-35(33)41/h1-26H. The Kier molecular flexibility index (Phi) is 5.27. The number of hydrogen-bond donors (Lipinski definition) is 0. The van der Waals surface area contributed by atoms with E-state index >= 15 is 0 Å². The van der Waals surface area contributed by atoms with Crippen LogP contribution < -0.4 is 0 Å². The molecule has 0 aliphatic carbocycles. The maximum Gasteiger partial charge on any atom is 0.136 e. The Bertz CT molecular complexity index is 2430. The lowest BCUT2D eigenvalue weighted by Gasteiger charge is -2.19. The monoisotopic (exact) mass is 546 g/mol. The van der Waals surface area contributed by atoms with Crippen molar-refractivity contribution < 1.29 is 4.42 Å². The molecule has 0 unspecified atom stereocenters. The van der Waals surface area contributed by atoms with Crippen LogP contribution in [0.4, 0.5) is 0 Å². The molecule has 43 heavy (non-hydrogen) atoms. The highest BCUT2D eigenvalue weighted by Gasteiger charge is 2.21. The molecule has 0 aliphatic heterocycles. The first-order valence-electron chi connectivity index (χ1n) is 14.8. The molecule has 0 saturated heterocycles. The number of hydrogen-bond acceptors (Lipinski definition) is 1. The minimum Gasteiger partial charge on any atom is -0.456 e. The molecule has 0 aliphatic rings. The summed E-state index contributed by atoms with van der Waals surface area (Å²) < 4.78 is 6.70. The van der Waals surface area contributed by atoms with Gasteiger partial charge in [0.1, 0.15) is 11.2 Å². The van der Waals surface area contributed by atoms with E-state index in [4.69, 9.17) is 4.42 Å². The van der Waals surface area contributed by atoms with E-state index in [1.807, 2.05) is 0 Å². The maximum absolute atomic E-state index is 6.70. The summed E-state index contributed by atoms with van der Waals surface area (Å²) in [6, 6.07) is 56.7. The Labute approximate surface area is 249 Å². The molecule has 1 aromatic heterocycles. The van der Waals surface area contributed by atoms with Gasteiger partial charge in [-0.3, -0.25) is 0 Å². The van der Waals surface area contributed by atoms with E-state index in [2.05, 4.69) is 158 Å². The molecule has 1 heteroatoms. The summed E-state index contributed by atoms with van der Waals surface area (Å²) >= 11 is 0. The molecule has 1 heterocycles. The zero-order valence-electron chi connectivity index (χ0n) is 23.4. The highest BCUT2D eigenvalue weighted by atomic mass is 16.3. The average molecular weight is 547 g/mol. The minimum atomic E-state index is 0.905. The van der Waals surface area contributed by atoms with Crippen molar-refractivity contribution >= 4 is 54.3 Å². The SMILES string of the molecule is c1ccc(-c2cc(-c3c4ccccc4c(-c4ccccc4)c4ccccc34)c3c(c2)oc2cc4ccccc4cc23)cc1. The highest BCUT2D eigenvalue weighted by Crippen LogP contribution is 2.48. The first-order valence-corrected chi connectivity index (χ1v) is 14.8. The van der Waals surface area contributed by atoms with Gasteiger partial charge in [-0.2, -0.15) is 0 Å². The molecule has 9 rings (SSSR count). The lowest BCUT2D eigenvalue weighted by Crippen LogP contribution is -1.92. The predicted molar refractivity (Wildman–Crippen MR) is 183 cm³/mol. The summed E-state index contributed by atoms with van der Waals surface area (Å²) in [6.07, 6.45) is 0. The molecule has 9 aromatic rings. The van der Waals surface area contributed by atoms with E-state index < -0.39 is 0 Å². The van der Waals surface area contributed by atoms with Crippen LogP contribution in [-0.4, -0.2) is 0 Å². The van der Waals surface area contributed by atoms with Crippen molar-refractivity contribution in [3.63, 3.8) is 0 Å². The van der Waals surface area contributed by atoms with Crippen molar-refractivity contribution in [2.45, 2.75) is 0 Å². The van der Waals surface area contributed by atoms with Crippen LogP contribution in [0.3, 0.4) is 0 Å². The van der Waals surface area contributed by atoms with Crippen LogP contribution in [0.1, 0.15) is 0 Å². The van der Waals surface area contributed by atoms with Gasteiger partial charge in [0, 0.05) is 10.8 Å². The van der Waals surface area contributed by atoms with Gasteiger partial charge in [0.05, 0.1) is 0 Å². The second-order valence-electron chi connectivity index (χ2n) is 11.3. The summed E-state index contributed by atoms with van der Waals surface area (Å²) in [5.41, 5.74) is 9.07. The van der Waals surface area contributed by atoms with Gasteiger partial charge in [-0.05, 0) is 90.0 Å². The molecule has 0 atom stereocenters. The summed E-state index contributed by atoms with van der Waals surface area (Å²) in [6.45, 7) is 0. The van der Waals surface area contributed by atoms with Crippen LogP contribution in [0.25, 0.3) is 87.6 Å². The van der Waals surface area contributed by atoms with Crippen LogP contribution in [0.5, 0.6) is 0 Å². The van der Waals surface area contributed by atoms with E-state index in [1.54, 1.807) is 0 Å². The fourth-order valence-electron chi connectivity index (χ4n) is 6.92. The molecule has 0 amide bonds. The lowest BCUT2D eigenvalue weighted by atomic mass is 9.84. The number of furan rings is 1. The van der Waals surface area contributed by atoms with Crippen LogP contribution in [0, 0.1) is 0 Å². The summed E-state index contributed by atoms with van der Waals surface area (Å²) in [5.74, 6) is 0. The number of rotatable bonds is 3. The van der Waals surface area contributed by atoms with Crippen LogP contribution in [0.2, 0.25) is 0 Å². The quantitative estimate of drug-likeness (QED) is 0.201. The Morgan fingerprint density at radius 1 is 0.326 bits per heavy atom. The van der Waals surface area contributed by atoms with Gasteiger partial charge in [0.25, 0.3) is 0 Å². The maximum atomic E-state index is 6.70. The van der Waals surface area contributed by atoms with Crippen molar-refractivity contribution in [3.05, 3.63) is 158 Å². The van der Waals surface area contributed by atoms with Crippen LogP contribution in [0.15, 0.2) is 162 Å². The predicted octanol–water partition coefficient (Wildman–Crippen LogP) is 12.0. The molecular weight excluding hydrogens is 520 g/mol. The first kappa shape index (κ1) is 24.0. The van der Waals surface area contributed by atoms with E-state index in [9.17, 15) is 0 Å². The van der Waals surface area contributed by atoms with Crippen LogP contribution >= 0.6 is 0 Å². The van der Waals surface area contributed by atoms with Gasteiger partial charge in [-0.1, -0.05) is 133 Å². The lowest BCUT2D eigenvalue weighted by molar-refractivity contribution is 0.669. The number of fused-ring (bicyclic) bond motifs is 6. The third-order valence-electron chi connectivity index (χ3n) is 8.81. The Morgan fingerprint density at radius 3 is 1.47 bits per heavy atom. The zero-order chi connectivity index (χ0) is 28.3. The molecule has 1 nitrogen and oxygen atoms in total. The molecule has 0 spiro atoms. The molecule has 0 saturated carbocycles. The second-order valence-corrected chi connectivity index (χ2v) is 11.3. The van der Waals surface area contributed by atoms with Gasteiger partial charge in [0.2, 0.25) is 0 Å². The van der Waals surface area contributed by atoms with Gasteiger partial charge < -0.3 is 4.42 Å². The molecule has 8 aromatic carbocycles. The topological polar surface area (TPSA) is 13.1 Å². The normalized spacial score (nSPS) is 11.7. The first-order chi connectivity index (χ1) is 21.3. The molecule has 0 fully saturated rings. The molecule has 0 bridgehead atoms. The second kappa shape index (κ2) is 9.44. The van der Waals surface area contributed by atoms with E-state index in [-0.39, 0.29) is 0 Å².